The van der Waals surface area contributed by atoms with E-state index in [0.717, 1.165) is 45.2 Å². The zero-order valence-corrected chi connectivity index (χ0v) is 23.5. The van der Waals surface area contributed by atoms with Gasteiger partial charge in [-0.25, -0.2) is 17.9 Å². The molecule has 0 unspecified atom stereocenters. The molecule has 1 aromatic carbocycles. The molecule has 3 aliphatic rings. The van der Waals surface area contributed by atoms with Crippen LogP contribution >= 0.6 is 0 Å². The Bertz CT molecular complexity index is 1000. The van der Waals surface area contributed by atoms with Gasteiger partial charge in [-0.1, -0.05) is 50.8 Å². The van der Waals surface area contributed by atoms with Gasteiger partial charge in [-0.05, 0) is 58.3 Å². The van der Waals surface area contributed by atoms with E-state index in [9.17, 15) is 13.2 Å². The summed E-state index contributed by atoms with van der Waals surface area (Å²) in [5.74, 6) is -0.824. The molecule has 0 bridgehead atoms. The molecule has 0 aromatic heterocycles. The van der Waals surface area contributed by atoms with Crippen LogP contribution in [0.4, 0.5) is 4.79 Å². The summed E-state index contributed by atoms with van der Waals surface area (Å²) in [6, 6.07) is 7.71. The van der Waals surface area contributed by atoms with Gasteiger partial charge in [-0.15, -0.1) is 0 Å². The molecule has 4 rings (SSSR count). The van der Waals surface area contributed by atoms with Gasteiger partial charge >= 0.3 is 6.09 Å². The highest BCUT2D eigenvalue weighted by Crippen LogP contribution is 2.40. The molecule has 0 spiro atoms. The number of sulfonamides is 1. The molecule has 38 heavy (non-hydrogen) atoms. The molecule has 214 valence electrons. The summed E-state index contributed by atoms with van der Waals surface area (Å²) in [7, 11) is -4.08. The van der Waals surface area contributed by atoms with E-state index in [-0.39, 0.29) is 4.90 Å². The van der Waals surface area contributed by atoms with E-state index in [0.29, 0.717) is 13.2 Å². The van der Waals surface area contributed by atoms with E-state index in [1.807, 2.05) is 18.6 Å². The number of carbonyl (C=O) groups excluding carboxylic acids is 1. The second kappa shape index (κ2) is 13.1. The third-order valence-corrected chi connectivity index (χ3v) is 8.45. The topological polar surface area (TPSA) is 113 Å². The zero-order valence-electron chi connectivity index (χ0n) is 22.7. The van der Waals surface area contributed by atoms with Crippen LogP contribution in [0, 0.1) is 0 Å². The molecule has 11 heteroatoms. The molecule has 1 amide bonds. The number of benzene rings is 1. The van der Waals surface area contributed by atoms with Crippen LogP contribution < -0.4 is 4.72 Å². The molecule has 5 atom stereocenters. The van der Waals surface area contributed by atoms with Gasteiger partial charge in [0.1, 0.15) is 24.4 Å². The van der Waals surface area contributed by atoms with E-state index in [2.05, 4.69) is 11.8 Å². The molecule has 3 saturated heterocycles. The molecule has 0 saturated carbocycles. The van der Waals surface area contributed by atoms with Crippen LogP contribution in [0.25, 0.3) is 0 Å². The zero-order chi connectivity index (χ0) is 27.2. The number of unbranched alkanes of at least 4 members (excludes halogenated alkanes) is 4. The average Bonchev–Trinajstić information content (AvgIpc) is 3.56. The summed E-state index contributed by atoms with van der Waals surface area (Å²) in [6.45, 7) is 8.48. The number of likely N-dealkylation sites (tertiary alicyclic amines) is 1. The van der Waals surface area contributed by atoms with E-state index in [4.69, 9.17) is 23.7 Å². The fourth-order valence-corrected chi connectivity index (χ4v) is 6.18. The Morgan fingerprint density at radius 3 is 2.53 bits per heavy atom. The van der Waals surface area contributed by atoms with Crippen molar-refractivity contribution in [2.24, 2.45) is 0 Å². The standard InChI is InChI=1S/C27H42N2O8S/c1-4-5-6-7-13-18-33-23-22(35-25-24(23)36-27(2,3)37-25)21(19-29-16-11-12-17-29)34-26(30)28-38(31,32)20-14-9-8-10-15-20/h8-10,14-15,21-25H,4-7,11-13,16-19H2,1-3H3,(H,28,30)/t21-,22-,23+,24-,25-/m1/s1. The fraction of sp³-hybridized carbons (Fsp3) is 0.741. The molecule has 1 aromatic rings. The molecular weight excluding hydrogens is 512 g/mol. The predicted molar refractivity (Wildman–Crippen MR) is 140 cm³/mol. The SMILES string of the molecule is CCCCCCCO[C@@H]1[C@H]2OC(C)(C)O[C@H]2O[C@@H]1[C@@H](CN1CCCC1)OC(=O)NS(=O)(=O)c1ccccc1. The van der Waals surface area contributed by atoms with Crippen LogP contribution in [0.3, 0.4) is 0 Å². The number of nitrogens with one attached hydrogen (secondary N) is 1. The lowest BCUT2D eigenvalue weighted by molar-refractivity contribution is -0.230. The number of ether oxygens (including phenoxy) is 5. The van der Waals surface area contributed by atoms with Crippen LogP contribution in [-0.4, -0.2) is 82.1 Å². The van der Waals surface area contributed by atoms with Gasteiger partial charge < -0.3 is 23.7 Å². The molecule has 0 radical (unpaired) electrons. The first-order valence-electron chi connectivity index (χ1n) is 13.8. The number of nitrogens with zero attached hydrogens (tertiary/aromatic N) is 1. The van der Waals surface area contributed by atoms with Crippen LogP contribution in [0.5, 0.6) is 0 Å². The van der Waals surface area contributed by atoms with Crippen LogP contribution in [-0.2, 0) is 33.7 Å². The smallest absolute Gasteiger partial charge is 0.421 e. The second-order valence-corrected chi connectivity index (χ2v) is 12.4. The van der Waals surface area contributed by atoms with Crippen molar-refractivity contribution < 1.29 is 36.9 Å². The van der Waals surface area contributed by atoms with Crippen LogP contribution in [0.1, 0.15) is 65.7 Å². The average molecular weight is 555 g/mol. The Balaban J connectivity index is 1.47. The number of hydrogen-bond acceptors (Lipinski definition) is 9. The van der Waals surface area contributed by atoms with Crippen LogP contribution in [0.2, 0.25) is 0 Å². The lowest BCUT2D eigenvalue weighted by atomic mass is 10.0. The van der Waals surface area contributed by atoms with Crippen molar-refractivity contribution in [1.29, 1.82) is 0 Å². The first-order chi connectivity index (χ1) is 18.2. The van der Waals surface area contributed by atoms with Gasteiger partial charge in [0.2, 0.25) is 0 Å². The first kappa shape index (κ1) is 29.2. The van der Waals surface area contributed by atoms with E-state index in [1.54, 1.807) is 18.2 Å². The van der Waals surface area contributed by atoms with Gasteiger partial charge in [0.05, 0.1) is 4.90 Å². The number of rotatable bonds is 13. The Morgan fingerprint density at radius 1 is 1.11 bits per heavy atom. The van der Waals surface area contributed by atoms with Crippen molar-refractivity contribution in [3.05, 3.63) is 30.3 Å². The molecular formula is C27H42N2O8S. The highest BCUT2D eigenvalue weighted by molar-refractivity contribution is 7.90. The molecule has 10 nitrogen and oxygen atoms in total. The number of amides is 1. The van der Waals surface area contributed by atoms with Gasteiger partial charge in [-0.3, -0.25) is 4.90 Å². The third-order valence-electron chi connectivity index (χ3n) is 7.12. The summed E-state index contributed by atoms with van der Waals surface area (Å²) in [6.07, 6.45) is 3.39. The minimum absolute atomic E-state index is 0.0204. The summed E-state index contributed by atoms with van der Waals surface area (Å²) < 4.78 is 57.9. The maximum atomic E-state index is 12.9. The Kier molecular flexibility index (Phi) is 10.0. The Labute approximate surface area is 226 Å². The minimum Gasteiger partial charge on any atom is -0.441 e. The van der Waals surface area contributed by atoms with E-state index < -0.39 is 52.6 Å². The summed E-state index contributed by atoms with van der Waals surface area (Å²) >= 11 is 0. The summed E-state index contributed by atoms with van der Waals surface area (Å²) in [5, 5.41) is 0. The Hall–Kier alpha value is -1.76. The summed E-state index contributed by atoms with van der Waals surface area (Å²) in [4.78, 5) is 15.1. The predicted octanol–water partition coefficient (Wildman–Crippen LogP) is 3.80. The van der Waals surface area contributed by atoms with Crippen LogP contribution in [0.15, 0.2) is 35.2 Å². The Morgan fingerprint density at radius 2 is 1.82 bits per heavy atom. The number of fused-ring (bicyclic) bond motifs is 1. The second-order valence-electron chi connectivity index (χ2n) is 10.7. The van der Waals surface area contributed by atoms with Gasteiger partial charge in [0, 0.05) is 13.2 Å². The maximum absolute atomic E-state index is 12.9. The van der Waals surface area contributed by atoms with Crippen molar-refractivity contribution in [2.45, 2.75) is 107 Å². The van der Waals surface area contributed by atoms with Crippen molar-refractivity contribution >= 4 is 16.1 Å². The monoisotopic (exact) mass is 554 g/mol. The van der Waals surface area contributed by atoms with E-state index in [1.165, 1.54) is 25.0 Å². The lowest BCUT2D eigenvalue weighted by Gasteiger charge is -2.32. The van der Waals surface area contributed by atoms with Gasteiger partial charge in [0.25, 0.3) is 10.0 Å². The highest BCUT2D eigenvalue weighted by Gasteiger charge is 2.58. The third kappa shape index (κ3) is 7.67. The summed E-state index contributed by atoms with van der Waals surface area (Å²) in [5.41, 5.74) is 0. The van der Waals surface area contributed by atoms with Gasteiger partial charge in [0.15, 0.2) is 12.1 Å². The molecule has 3 fully saturated rings. The number of hydrogen-bond donors (Lipinski definition) is 1. The number of carbonyl (C=O) groups is 1. The van der Waals surface area contributed by atoms with Crippen molar-refractivity contribution in [2.75, 3.05) is 26.2 Å². The highest BCUT2D eigenvalue weighted by atomic mass is 32.2. The largest absolute Gasteiger partial charge is 0.441 e. The maximum Gasteiger partial charge on any atom is 0.421 e. The first-order valence-corrected chi connectivity index (χ1v) is 15.3. The van der Waals surface area contributed by atoms with Crippen molar-refractivity contribution in [1.82, 2.24) is 9.62 Å². The van der Waals surface area contributed by atoms with Crippen molar-refractivity contribution in [3.8, 4) is 0 Å². The lowest BCUT2D eigenvalue weighted by Crippen LogP contribution is -2.50. The normalized spacial score (nSPS) is 27.8. The molecule has 3 heterocycles. The molecule has 1 N–H and O–H groups in total. The van der Waals surface area contributed by atoms with Gasteiger partial charge in [-0.2, -0.15) is 0 Å². The molecule has 0 aliphatic carbocycles. The van der Waals surface area contributed by atoms with E-state index >= 15 is 0 Å². The van der Waals surface area contributed by atoms with Crippen molar-refractivity contribution in [3.63, 3.8) is 0 Å². The minimum atomic E-state index is -4.08. The fourth-order valence-electron chi connectivity index (χ4n) is 5.28. The quantitative estimate of drug-likeness (QED) is 0.364. The molecule has 3 aliphatic heterocycles.